The van der Waals surface area contributed by atoms with E-state index in [0.29, 0.717) is 6.42 Å². The number of aromatic nitrogens is 1. The van der Waals surface area contributed by atoms with Gasteiger partial charge in [-0.3, -0.25) is 9.78 Å². The first-order valence-electron chi connectivity index (χ1n) is 6.05. The van der Waals surface area contributed by atoms with E-state index in [9.17, 15) is 4.79 Å². The number of hydrogen-bond donors (Lipinski definition) is 1. The Morgan fingerprint density at radius 1 is 1.39 bits per heavy atom. The summed E-state index contributed by atoms with van der Waals surface area (Å²) in [6.07, 6.45) is 4.22. The first-order chi connectivity index (χ1) is 8.72. The van der Waals surface area contributed by atoms with Crippen molar-refractivity contribution in [3.05, 3.63) is 34.9 Å². The lowest BCUT2D eigenvalue weighted by atomic mass is 10.2. The Morgan fingerprint density at radius 2 is 2.22 bits per heavy atom. The number of pyridine rings is 1. The lowest BCUT2D eigenvalue weighted by Crippen LogP contribution is -2.11. The molecule has 1 amide bonds. The highest BCUT2D eigenvalue weighted by molar-refractivity contribution is 9.10. The number of carbonyl (C=O) groups is 1. The van der Waals surface area contributed by atoms with E-state index in [1.54, 1.807) is 6.20 Å². The molecule has 3 nitrogen and oxygen atoms in total. The molecule has 0 saturated heterocycles. The predicted octanol–water partition coefficient (Wildman–Crippen LogP) is 4.13. The Labute approximate surface area is 115 Å². The number of nitrogens with zero attached hydrogens (tertiary/aromatic N) is 1. The largest absolute Gasteiger partial charge is 0.324 e. The van der Waals surface area contributed by atoms with Gasteiger partial charge in [0, 0.05) is 22.5 Å². The van der Waals surface area contributed by atoms with Crippen molar-refractivity contribution >= 4 is 38.4 Å². The molecular formula is C14H15BrN2O. The number of amides is 1. The first-order valence-corrected chi connectivity index (χ1v) is 6.84. The van der Waals surface area contributed by atoms with E-state index in [2.05, 4.69) is 33.2 Å². The predicted molar refractivity (Wildman–Crippen MR) is 77.6 cm³/mol. The van der Waals surface area contributed by atoms with Crippen molar-refractivity contribution in [3.63, 3.8) is 0 Å². The molecule has 2 aromatic rings. The quantitative estimate of drug-likeness (QED) is 0.923. The van der Waals surface area contributed by atoms with E-state index in [-0.39, 0.29) is 5.91 Å². The van der Waals surface area contributed by atoms with Gasteiger partial charge in [0.15, 0.2) is 0 Å². The van der Waals surface area contributed by atoms with Gasteiger partial charge in [-0.05, 0) is 24.6 Å². The highest BCUT2D eigenvalue weighted by atomic mass is 79.9. The van der Waals surface area contributed by atoms with Crippen LogP contribution in [-0.4, -0.2) is 10.9 Å². The third-order valence-corrected chi connectivity index (χ3v) is 3.44. The zero-order valence-electron chi connectivity index (χ0n) is 10.2. The van der Waals surface area contributed by atoms with Gasteiger partial charge in [0.2, 0.25) is 5.91 Å². The minimum absolute atomic E-state index is 0.0473. The normalized spacial score (nSPS) is 10.6. The van der Waals surface area contributed by atoms with Gasteiger partial charge in [0.25, 0.3) is 0 Å². The van der Waals surface area contributed by atoms with Crippen LogP contribution in [0, 0.1) is 0 Å². The Balaban J connectivity index is 2.29. The second-order valence-electron chi connectivity index (χ2n) is 4.15. The van der Waals surface area contributed by atoms with Crippen molar-refractivity contribution in [2.75, 3.05) is 5.32 Å². The molecule has 94 valence electrons. The summed E-state index contributed by atoms with van der Waals surface area (Å²) in [6.45, 7) is 2.07. The minimum atomic E-state index is 0.0473. The van der Waals surface area contributed by atoms with Gasteiger partial charge in [-0.15, -0.1) is 0 Å². The number of benzene rings is 1. The second kappa shape index (κ2) is 5.96. The van der Waals surface area contributed by atoms with Crippen molar-refractivity contribution in [2.24, 2.45) is 0 Å². The molecule has 1 aromatic carbocycles. The van der Waals surface area contributed by atoms with E-state index < -0.39 is 0 Å². The summed E-state index contributed by atoms with van der Waals surface area (Å²) in [4.78, 5) is 16.1. The lowest BCUT2D eigenvalue weighted by molar-refractivity contribution is -0.116. The van der Waals surface area contributed by atoms with E-state index in [1.807, 2.05) is 24.3 Å². The molecule has 1 N–H and O–H groups in total. The minimum Gasteiger partial charge on any atom is -0.324 e. The van der Waals surface area contributed by atoms with Crippen molar-refractivity contribution in [2.45, 2.75) is 26.2 Å². The maximum atomic E-state index is 11.7. The maximum absolute atomic E-state index is 11.7. The molecular weight excluding hydrogens is 292 g/mol. The molecule has 1 aromatic heterocycles. The number of fused-ring (bicyclic) bond motifs is 1. The third kappa shape index (κ3) is 2.88. The van der Waals surface area contributed by atoms with Crippen LogP contribution in [0.25, 0.3) is 10.9 Å². The molecule has 0 bridgehead atoms. The third-order valence-electron chi connectivity index (χ3n) is 2.75. The van der Waals surface area contributed by atoms with Crippen LogP contribution in [-0.2, 0) is 4.79 Å². The van der Waals surface area contributed by atoms with Crippen molar-refractivity contribution in [1.82, 2.24) is 4.98 Å². The van der Waals surface area contributed by atoms with Gasteiger partial charge in [-0.1, -0.05) is 35.3 Å². The molecule has 1 heterocycles. The summed E-state index contributed by atoms with van der Waals surface area (Å²) >= 11 is 3.49. The number of halogens is 1. The van der Waals surface area contributed by atoms with E-state index in [0.717, 1.165) is 33.9 Å². The summed E-state index contributed by atoms with van der Waals surface area (Å²) in [5, 5.41) is 3.93. The van der Waals surface area contributed by atoms with E-state index in [4.69, 9.17) is 0 Å². The Kier molecular flexibility index (Phi) is 4.31. The number of rotatable bonds is 4. The second-order valence-corrected chi connectivity index (χ2v) is 5.00. The first kappa shape index (κ1) is 13.0. The lowest BCUT2D eigenvalue weighted by Gasteiger charge is -2.08. The standard InChI is InChI=1S/C14H15BrN2O/c1-2-3-6-13(18)17-12-8-7-11(15)10-5-4-9-16-14(10)12/h4-5,7-9H,2-3,6H2,1H3,(H,17,18). The highest BCUT2D eigenvalue weighted by Gasteiger charge is 2.08. The molecule has 0 spiro atoms. The number of hydrogen-bond acceptors (Lipinski definition) is 2. The molecule has 0 atom stereocenters. The molecule has 0 radical (unpaired) electrons. The average Bonchev–Trinajstić information content (AvgIpc) is 2.40. The van der Waals surface area contributed by atoms with Gasteiger partial charge in [0.05, 0.1) is 11.2 Å². The number of nitrogens with one attached hydrogen (secondary N) is 1. The van der Waals surface area contributed by atoms with Gasteiger partial charge in [-0.2, -0.15) is 0 Å². The zero-order valence-corrected chi connectivity index (χ0v) is 11.8. The molecule has 0 unspecified atom stereocenters. The molecule has 0 aliphatic heterocycles. The van der Waals surface area contributed by atoms with Crippen molar-refractivity contribution in [3.8, 4) is 0 Å². The molecule has 0 fully saturated rings. The van der Waals surface area contributed by atoms with Crippen LogP contribution in [0.5, 0.6) is 0 Å². The molecule has 0 saturated carbocycles. The molecule has 2 rings (SSSR count). The summed E-state index contributed by atoms with van der Waals surface area (Å²) in [5.74, 6) is 0.0473. The Morgan fingerprint density at radius 3 is 3.00 bits per heavy atom. The van der Waals surface area contributed by atoms with Crippen molar-refractivity contribution in [1.29, 1.82) is 0 Å². The monoisotopic (exact) mass is 306 g/mol. The van der Waals surface area contributed by atoms with E-state index in [1.165, 1.54) is 0 Å². The summed E-state index contributed by atoms with van der Waals surface area (Å²) in [5.41, 5.74) is 1.59. The topological polar surface area (TPSA) is 42.0 Å². The smallest absolute Gasteiger partial charge is 0.224 e. The highest BCUT2D eigenvalue weighted by Crippen LogP contribution is 2.28. The van der Waals surface area contributed by atoms with Crippen LogP contribution < -0.4 is 5.32 Å². The number of carbonyl (C=O) groups excluding carboxylic acids is 1. The SMILES string of the molecule is CCCCC(=O)Nc1ccc(Br)c2cccnc12. The fourth-order valence-corrected chi connectivity index (χ4v) is 2.24. The average molecular weight is 307 g/mol. The Hall–Kier alpha value is -1.42. The van der Waals surface area contributed by atoms with Gasteiger partial charge in [-0.25, -0.2) is 0 Å². The Bertz CT molecular complexity index is 569. The molecule has 18 heavy (non-hydrogen) atoms. The fraction of sp³-hybridized carbons (Fsp3) is 0.286. The zero-order chi connectivity index (χ0) is 13.0. The summed E-state index contributed by atoms with van der Waals surface area (Å²) < 4.78 is 0.983. The van der Waals surface area contributed by atoms with E-state index >= 15 is 0 Å². The summed E-state index contributed by atoms with van der Waals surface area (Å²) in [7, 11) is 0. The fourth-order valence-electron chi connectivity index (χ4n) is 1.79. The van der Waals surface area contributed by atoms with Gasteiger partial charge in [0.1, 0.15) is 0 Å². The number of unbranched alkanes of at least 4 members (excludes halogenated alkanes) is 1. The van der Waals surface area contributed by atoms with Crippen LogP contribution in [0.1, 0.15) is 26.2 Å². The molecule has 4 heteroatoms. The van der Waals surface area contributed by atoms with Crippen molar-refractivity contribution < 1.29 is 4.79 Å². The van der Waals surface area contributed by atoms with Crippen LogP contribution in [0.4, 0.5) is 5.69 Å². The maximum Gasteiger partial charge on any atom is 0.224 e. The summed E-state index contributed by atoms with van der Waals surface area (Å²) in [6, 6.07) is 7.67. The molecule has 0 aliphatic carbocycles. The van der Waals surface area contributed by atoms with Gasteiger partial charge >= 0.3 is 0 Å². The number of anilines is 1. The van der Waals surface area contributed by atoms with Crippen LogP contribution >= 0.6 is 15.9 Å². The molecule has 0 aliphatic rings. The van der Waals surface area contributed by atoms with Gasteiger partial charge < -0.3 is 5.32 Å². The van der Waals surface area contributed by atoms with Crippen LogP contribution in [0.15, 0.2) is 34.9 Å². The van der Waals surface area contributed by atoms with Crippen LogP contribution in [0.2, 0.25) is 0 Å². The van der Waals surface area contributed by atoms with Crippen LogP contribution in [0.3, 0.4) is 0 Å².